The molecule has 152 valence electrons. The van der Waals surface area contributed by atoms with E-state index in [4.69, 9.17) is 0 Å². The Bertz CT molecular complexity index is 1040. The number of rotatable bonds is 8. The molecule has 0 aliphatic carbocycles. The van der Waals surface area contributed by atoms with Crippen molar-refractivity contribution in [2.45, 2.75) is 23.9 Å². The third kappa shape index (κ3) is 4.77. The number of phenolic OH excluding ortho intramolecular Hbond substituents is 1. The maximum Gasteiger partial charge on any atom is 0.262 e. The van der Waals surface area contributed by atoms with Crippen molar-refractivity contribution in [2.75, 3.05) is 0 Å². The van der Waals surface area contributed by atoms with Gasteiger partial charge in [-0.1, -0.05) is 6.07 Å². The lowest BCUT2D eigenvalue weighted by Crippen LogP contribution is -2.49. The summed E-state index contributed by atoms with van der Waals surface area (Å²) >= 11 is 0. The summed E-state index contributed by atoms with van der Waals surface area (Å²) in [6, 6.07) is 7.01. The summed E-state index contributed by atoms with van der Waals surface area (Å²) in [5.74, 6) is -0.990. The number of nitrogens with zero attached hydrogens (tertiary/aromatic N) is 3. The molecule has 0 saturated carbocycles. The van der Waals surface area contributed by atoms with Crippen LogP contribution in [0.4, 0.5) is 0 Å². The molecule has 0 radical (unpaired) electrons. The largest absolute Gasteiger partial charge is 0.508 e. The van der Waals surface area contributed by atoms with Crippen LogP contribution in [0.15, 0.2) is 66.2 Å². The zero-order chi connectivity index (χ0) is 20.9. The molecule has 0 aliphatic heterocycles. The van der Waals surface area contributed by atoms with E-state index in [1.807, 2.05) is 0 Å². The van der Waals surface area contributed by atoms with Crippen molar-refractivity contribution in [1.82, 2.24) is 24.7 Å². The van der Waals surface area contributed by atoms with E-state index in [1.165, 1.54) is 43.0 Å². The molecule has 0 unspecified atom stereocenters. The first-order chi connectivity index (χ1) is 13.9. The SMILES string of the molecule is O=C(NO)[C@@H](Cc1cnc[nH]1)N(Cc1cccnc1)S(=O)(=O)c1ccc(O)cc1. The van der Waals surface area contributed by atoms with Gasteiger partial charge in [-0.15, -0.1) is 0 Å². The quantitative estimate of drug-likeness (QED) is 0.313. The second-order valence-corrected chi connectivity index (χ2v) is 8.07. The molecule has 29 heavy (non-hydrogen) atoms. The van der Waals surface area contributed by atoms with E-state index >= 15 is 0 Å². The summed E-state index contributed by atoms with van der Waals surface area (Å²) in [7, 11) is -4.19. The Balaban J connectivity index is 2.06. The fraction of sp³-hybridized carbons (Fsp3) is 0.167. The highest BCUT2D eigenvalue weighted by atomic mass is 32.2. The molecular formula is C18H19N5O5S. The van der Waals surface area contributed by atoms with Crippen LogP contribution in [-0.4, -0.2) is 49.9 Å². The monoisotopic (exact) mass is 417 g/mol. The summed E-state index contributed by atoms with van der Waals surface area (Å²) < 4.78 is 27.7. The van der Waals surface area contributed by atoms with Gasteiger partial charge >= 0.3 is 0 Å². The second kappa shape index (κ2) is 8.82. The van der Waals surface area contributed by atoms with Crippen LogP contribution in [0.3, 0.4) is 0 Å². The maximum absolute atomic E-state index is 13.4. The highest BCUT2D eigenvalue weighted by Gasteiger charge is 2.36. The molecule has 10 nitrogen and oxygen atoms in total. The fourth-order valence-electron chi connectivity index (χ4n) is 2.79. The van der Waals surface area contributed by atoms with E-state index in [1.54, 1.807) is 23.8 Å². The third-order valence-electron chi connectivity index (χ3n) is 4.23. The van der Waals surface area contributed by atoms with E-state index < -0.39 is 22.0 Å². The summed E-state index contributed by atoms with van der Waals surface area (Å²) in [6.45, 7) is -0.163. The van der Waals surface area contributed by atoms with Gasteiger partial charge < -0.3 is 10.1 Å². The number of carbonyl (C=O) groups excluding carboxylic acids is 1. The number of hydrogen-bond donors (Lipinski definition) is 4. The lowest BCUT2D eigenvalue weighted by atomic mass is 10.1. The predicted molar refractivity (Wildman–Crippen MR) is 101 cm³/mol. The number of hydrogen-bond acceptors (Lipinski definition) is 7. The summed E-state index contributed by atoms with van der Waals surface area (Å²) in [5, 5.41) is 18.7. The van der Waals surface area contributed by atoms with Crippen LogP contribution in [0.2, 0.25) is 0 Å². The Hall–Kier alpha value is -3.28. The molecule has 3 rings (SSSR count). The standard InChI is InChI=1S/C18H19N5O5S/c24-15-3-5-16(6-4-15)29(27,28)23(11-13-2-1-7-19-9-13)17(18(25)22-26)8-14-10-20-12-21-14/h1-7,9-10,12,17,24,26H,8,11H2,(H,20,21)(H,22,25)/t17-/m1/s1. The van der Waals surface area contributed by atoms with E-state index in [-0.39, 0.29) is 23.6 Å². The Kier molecular flexibility index (Phi) is 6.22. The number of carbonyl (C=O) groups is 1. The first-order valence-electron chi connectivity index (χ1n) is 8.53. The van der Waals surface area contributed by atoms with E-state index in [9.17, 15) is 23.5 Å². The minimum absolute atomic E-state index is 0.0516. The summed E-state index contributed by atoms with van der Waals surface area (Å²) in [4.78, 5) is 23.0. The van der Waals surface area contributed by atoms with E-state index in [0.717, 1.165) is 4.31 Å². The van der Waals surface area contributed by atoms with Crippen LogP contribution in [0, 0.1) is 0 Å². The van der Waals surface area contributed by atoms with Crippen molar-refractivity contribution in [3.8, 4) is 5.75 Å². The molecule has 0 spiro atoms. The Morgan fingerprint density at radius 3 is 2.52 bits per heavy atom. The molecule has 3 aromatic rings. The second-order valence-electron chi connectivity index (χ2n) is 6.18. The molecule has 2 aromatic heterocycles. The number of hydroxylamine groups is 1. The normalized spacial score (nSPS) is 12.6. The van der Waals surface area contributed by atoms with Gasteiger partial charge in [-0.05, 0) is 35.9 Å². The van der Waals surface area contributed by atoms with Gasteiger partial charge in [-0.2, -0.15) is 4.31 Å². The molecular weight excluding hydrogens is 398 g/mol. The first-order valence-corrected chi connectivity index (χ1v) is 9.97. The van der Waals surface area contributed by atoms with E-state index in [2.05, 4.69) is 15.0 Å². The van der Waals surface area contributed by atoms with Gasteiger partial charge in [-0.25, -0.2) is 18.9 Å². The lowest BCUT2D eigenvalue weighted by Gasteiger charge is -2.29. The smallest absolute Gasteiger partial charge is 0.262 e. The Labute approximate surface area is 166 Å². The molecule has 0 fully saturated rings. The van der Waals surface area contributed by atoms with Crippen molar-refractivity contribution < 1.29 is 23.5 Å². The number of sulfonamides is 1. The van der Waals surface area contributed by atoms with Crippen LogP contribution >= 0.6 is 0 Å². The zero-order valence-electron chi connectivity index (χ0n) is 15.1. The minimum Gasteiger partial charge on any atom is -0.508 e. The van der Waals surface area contributed by atoms with Gasteiger partial charge in [0.15, 0.2) is 0 Å². The third-order valence-corrected chi connectivity index (χ3v) is 6.10. The number of pyridine rings is 1. The van der Waals surface area contributed by atoms with Crippen molar-refractivity contribution >= 4 is 15.9 Å². The zero-order valence-corrected chi connectivity index (χ0v) is 16.0. The van der Waals surface area contributed by atoms with Crippen molar-refractivity contribution in [3.63, 3.8) is 0 Å². The summed E-state index contributed by atoms with van der Waals surface area (Å²) in [6.07, 6.45) is 5.86. The average molecular weight is 417 g/mol. The number of aromatic nitrogens is 3. The lowest BCUT2D eigenvalue weighted by molar-refractivity contribution is -0.133. The molecule has 1 atom stereocenters. The molecule has 1 amide bonds. The maximum atomic E-state index is 13.4. The van der Waals surface area contributed by atoms with Crippen molar-refractivity contribution in [2.24, 2.45) is 0 Å². The number of benzene rings is 1. The molecule has 11 heteroatoms. The van der Waals surface area contributed by atoms with Gasteiger partial charge in [0.25, 0.3) is 5.91 Å². The van der Waals surface area contributed by atoms with E-state index in [0.29, 0.717) is 11.3 Å². The van der Waals surface area contributed by atoms with Gasteiger partial charge in [0.1, 0.15) is 11.8 Å². The number of phenols is 1. The van der Waals surface area contributed by atoms with Crippen LogP contribution in [0.1, 0.15) is 11.3 Å². The highest BCUT2D eigenvalue weighted by molar-refractivity contribution is 7.89. The first kappa shape index (κ1) is 20.5. The number of H-pyrrole nitrogens is 1. The van der Waals surface area contributed by atoms with Crippen molar-refractivity contribution in [1.29, 1.82) is 0 Å². The highest BCUT2D eigenvalue weighted by Crippen LogP contribution is 2.24. The van der Waals surface area contributed by atoms with Crippen LogP contribution in [0.25, 0.3) is 0 Å². The van der Waals surface area contributed by atoms with Gasteiger partial charge in [0.05, 0.1) is 11.2 Å². The number of nitrogens with one attached hydrogen (secondary N) is 2. The molecule has 0 aliphatic rings. The van der Waals surface area contributed by atoms with Crippen LogP contribution in [-0.2, 0) is 27.8 Å². The number of imidazole rings is 1. The van der Waals surface area contributed by atoms with Gasteiger partial charge in [0, 0.05) is 37.3 Å². The Morgan fingerprint density at radius 1 is 1.17 bits per heavy atom. The average Bonchev–Trinajstić information content (AvgIpc) is 3.24. The van der Waals surface area contributed by atoms with Crippen molar-refractivity contribution in [3.05, 3.63) is 72.6 Å². The Morgan fingerprint density at radius 2 is 1.93 bits per heavy atom. The number of aromatic amines is 1. The predicted octanol–water partition coefficient (Wildman–Crippen LogP) is 0.818. The molecule has 0 bridgehead atoms. The van der Waals surface area contributed by atoms with Crippen LogP contribution < -0.4 is 5.48 Å². The van der Waals surface area contributed by atoms with Gasteiger partial charge in [0.2, 0.25) is 10.0 Å². The molecule has 1 aromatic carbocycles. The summed E-state index contributed by atoms with van der Waals surface area (Å²) in [5.41, 5.74) is 2.60. The number of amides is 1. The minimum atomic E-state index is -4.19. The molecule has 2 heterocycles. The van der Waals surface area contributed by atoms with Crippen LogP contribution in [0.5, 0.6) is 5.75 Å². The number of aromatic hydroxyl groups is 1. The molecule has 0 saturated heterocycles. The molecule has 4 N–H and O–H groups in total. The van der Waals surface area contributed by atoms with Gasteiger partial charge in [-0.3, -0.25) is 15.0 Å². The topological polar surface area (TPSA) is 149 Å². The fourth-order valence-corrected chi connectivity index (χ4v) is 4.37.